The van der Waals surface area contributed by atoms with E-state index in [4.69, 9.17) is 0 Å². The molecule has 0 saturated carbocycles. The molecule has 4 heteroatoms. The van der Waals surface area contributed by atoms with Crippen molar-refractivity contribution in [2.45, 2.75) is 12.8 Å². The number of carbonyl (C=O) groups excluding carboxylic acids is 1. The van der Waals surface area contributed by atoms with Crippen LogP contribution in [0.5, 0.6) is 0 Å². The Bertz CT molecular complexity index is 129. The van der Waals surface area contributed by atoms with Crippen molar-refractivity contribution in [2.75, 3.05) is 18.8 Å². The quantitative estimate of drug-likeness (QED) is 0.516. The van der Waals surface area contributed by atoms with Crippen LogP contribution in [0.4, 0.5) is 0 Å². The monoisotopic (exact) mass is 177 g/mol. The first-order valence-electron chi connectivity index (χ1n) is 3.38. The van der Waals surface area contributed by atoms with Crippen molar-refractivity contribution in [1.29, 1.82) is 0 Å². The van der Waals surface area contributed by atoms with Crippen molar-refractivity contribution in [2.24, 2.45) is 0 Å². The number of rotatable bonds is 3. The van der Waals surface area contributed by atoms with E-state index in [2.05, 4.69) is 11.7 Å². The fourth-order valence-corrected chi connectivity index (χ4v) is 1.64. The van der Waals surface area contributed by atoms with E-state index >= 15 is 0 Å². The van der Waals surface area contributed by atoms with Gasteiger partial charge in [0.1, 0.15) is 0 Å². The molecule has 1 fully saturated rings. The highest BCUT2D eigenvalue weighted by molar-refractivity contribution is 8.68. The highest BCUT2D eigenvalue weighted by Crippen LogP contribution is 2.11. The van der Waals surface area contributed by atoms with Gasteiger partial charge in [-0.25, -0.2) is 0 Å². The molecule has 1 aliphatic heterocycles. The Kier molecular flexibility index (Phi) is 3.42. The van der Waals surface area contributed by atoms with E-state index in [1.54, 1.807) is 0 Å². The summed E-state index contributed by atoms with van der Waals surface area (Å²) in [7, 11) is 1.49. The zero-order valence-electron chi connectivity index (χ0n) is 5.75. The zero-order chi connectivity index (χ0) is 7.40. The molecule has 0 spiro atoms. The highest BCUT2D eigenvalue weighted by atomic mass is 33.1. The molecule has 0 N–H and O–H groups in total. The molecule has 1 aliphatic rings. The van der Waals surface area contributed by atoms with Crippen molar-refractivity contribution in [3.8, 4) is 0 Å². The summed E-state index contributed by atoms with van der Waals surface area (Å²) in [5, 5.41) is 0. The van der Waals surface area contributed by atoms with Crippen molar-refractivity contribution < 1.29 is 4.79 Å². The highest BCUT2D eigenvalue weighted by Gasteiger charge is 2.18. The fraction of sp³-hybridized carbons (Fsp3) is 0.833. The molecule has 0 radical (unpaired) electrons. The van der Waals surface area contributed by atoms with Gasteiger partial charge in [0.2, 0.25) is 5.91 Å². The summed E-state index contributed by atoms with van der Waals surface area (Å²) in [6.45, 7) is 1.82. The van der Waals surface area contributed by atoms with Crippen LogP contribution in [-0.4, -0.2) is 29.6 Å². The first-order chi connectivity index (χ1) is 4.84. The predicted octanol–water partition coefficient (Wildman–Crippen LogP) is 1.19. The van der Waals surface area contributed by atoms with Gasteiger partial charge in [0.05, 0.1) is 0 Å². The first-order valence-corrected chi connectivity index (χ1v) is 5.42. The van der Waals surface area contributed by atoms with E-state index in [-0.39, 0.29) is 0 Å². The number of hydrogen-bond donors (Lipinski definition) is 1. The molecule has 2 nitrogen and oxygen atoms in total. The van der Waals surface area contributed by atoms with Gasteiger partial charge in [-0.1, -0.05) is 10.8 Å². The Morgan fingerprint density at radius 2 is 2.50 bits per heavy atom. The normalized spacial score (nSPS) is 18.5. The lowest BCUT2D eigenvalue weighted by molar-refractivity contribution is -0.127. The summed E-state index contributed by atoms with van der Waals surface area (Å²) in [4.78, 5) is 12.9. The van der Waals surface area contributed by atoms with E-state index in [0.717, 1.165) is 31.7 Å². The largest absolute Gasteiger partial charge is 0.342 e. The molecule has 0 aromatic carbocycles. The second-order valence-electron chi connectivity index (χ2n) is 2.32. The van der Waals surface area contributed by atoms with E-state index in [1.165, 1.54) is 10.8 Å². The van der Waals surface area contributed by atoms with E-state index in [1.807, 2.05) is 4.90 Å². The van der Waals surface area contributed by atoms with Crippen LogP contribution in [-0.2, 0) is 4.79 Å². The molecule has 0 unspecified atom stereocenters. The smallest absolute Gasteiger partial charge is 0.222 e. The van der Waals surface area contributed by atoms with Crippen LogP contribution in [0.1, 0.15) is 12.8 Å². The van der Waals surface area contributed by atoms with Crippen LogP contribution >= 0.6 is 22.5 Å². The summed E-state index contributed by atoms with van der Waals surface area (Å²) in [6, 6.07) is 0. The maximum atomic E-state index is 11.0. The van der Waals surface area contributed by atoms with Gasteiger partial charge in [-0.3, -0.25) is 4.79 Å². The standard InChI is InChI=1S/C6H11NOS2/c8-6-2-1-3-7(6)4-5-10-9/h9H,1-5H2. The number of nitrogens with zero attached hydrogens (tertiary/aromatic N) is 1. The first kappa shape index (κ1) is 8.27. The molecule has 58 valence electrons. The Hall–Kier alpha value is 0.170. The topological polar surface area (TPSA) is 20.3 Å². The molecule has 1 amide bonds. The maximum absolute atomic E-state index is 11.0. The van der Waals surface area contributed by atoms with Crippen molar-refractivity contribution in [3.05, 3.63) is 0 Å². The van der Waals surface area contributed by atoms with Gasteiger partial charge < -0.3 is 4.90 Å². The summed E-state index contributed by atoms with van der Waals surface area (Å²) >= 11 is 4.00. The molecule has 0 aromatic rings. The minimum absolute atomic E-state index is 0.308. The maximum Gasteiger partial charge on any atom is 0.222 e. The van der Waals surface area contributed by atoms with Crippen LogP contribution < -0.4 is 0 Å². The Morgan fingerprint density at radius 3 is 3.00 bits per heavy atom. The van der Waals surface area contributed by atoms with Gasteiger partial charge in [-0.15, -0.1) is 11.7 Å². The average Bonchev–Trinajstić information content (AvgIpc) is 2.31. The second kappa shape index (κ2) is 4.13. The summed E-state index contributed by atoms with van der Waals surface area (Å²) in [5.41, 5.74) is 0. The summed E-state index contributed by atoms with van der Waals surface area (Å²) in [5.74, 6) is 1.25. The lowest BCUT2D eigenvalue weighted by atomic mass is 10.4. The third-order valence-electron chi connectivity index (χ3n) is 1.62. The fourth-order valence-electron chi connectivity index (χ4n) is 1.09. The van der Waals surface area contributed by atoms with Gasteiger partial charge in [0.25, 0.3) is 0 Å². The molecule has 1 heterocycles. The molecule has 1 saturated heterocycles. The van der Waals surface area contributed by atoms with Crippen LogP contribution in [0.15, 0.2) is 0 Å². The lowest BCUT2D eigenvalue weighted by Gasteiger charge is -2.13. The van der Waals surface area contributed by atoms with Crippen LogP contribution in [0.25, 0.3) is 0 Å². The Balaban J connectivity index is 2.20. The molecule has 0 aliphatic carbocycles. The van der Waals surface area contributed by atoms with Crippen LogP contribution in [0.2, 0.25) is 0 Å². The Labute approximate surface area is 70.2 Å². The zero-order valence-corrected chi connectivity index (χ0v) is 7.46. The van der Waals surface area contributed by atoms with Crippen molar-refractivity contribution in [1.82, 2.24) is 4.90 Å². The number of carbonyl (C=O) groups is 1. The van der Waals surface area contributed by atoms with E-state index in [9.17, 15) is 4.79 Å². The second-order valence-corrected chi connectivity index (χ2v) is 3.76. The minimum atomic E-state index is 0.308. The summed E-state index contributed by atoms with van der Waals surface area (Å²) in [6.07, 6.45) is 1.79. The van der Waals surface area contributed by atoms with Crippen LogP contribution in [0.3, 0.4) is 0 Å². The van der Waals surface area contributed by atoms with E-state index < -0.39 is 0 Å². The minimum Gasteiger partial charge on any atom is -0.342 e. The van der Waals surface area contributed by atoms with Gasteiger partial charge in [-0.2, -0.15) is 0 Å². The number of likely N-dealkylation sites (tertiary alicyclic amines) is 1. The van der Waals surface area contributed by atoms with Crippen LogP contribution in [0, 0.1) is 0 Å². The Morgan fingerprint density at radius 1 is 1.70 bits per heavy atom. The lowest BCUT2D eigenvalue weighted by Crippen LogP contribution is -2.26. The van der Waals surface area contributed by atoms with Gasteiger partial charge in [0.15, 0.2) is 0 Å². The van der Waals surface area contributed by atoms with Crippen molar-refractivity contribution >= 4 is 28.4 Å². The molecular weight excluding hydrogens is 166 g/mol. The molecule has 0 atom stereocenters. The number of hydrogen-bond acceptors (Lipinski definition) is 3. The molecule has 10 heavy (non-hydrogen) atoms. The molecule has 1 rings (SSSR count). The number of amides is 1. The number of thiol groups is 1. The SMILES string of the molecule is O=C1CCCN1CCSS. The van der Waals surface area contributed by atoms with Gasteiger partial charge in [0, 0.05) is 25.3 Å². The van der Waals surface area contributed by atoms with Gasteiger partial charge >= 0.3 is 0 Å². The van der Waals surface area contributed by atoms with E-state index in [0.29, 0.717) is 5.91 Å². The van der Waals surface area contributed by atoms with Gasteiger partial charge in [-0.05, 0) is 6.42 Å². The predicted molar refractivity (Wildman–Crippen MR) is 47.3 cm³/mol. The van der Waals surface area contributed by atoms with Crippen molar-refractivity contribution in [3.63, 3.8) is 0 Å². The molecule has 0 aromatic heterocycles. The molecular formula is C6H11NOS2. The third kappa shape index (κ3) is 2.09. The average molecular weight is 177 g/mol. The third-order valence-corrected chi connectivity index (χ3v) is 2.54. The summed E-state index contributed by atoms with van der Waals surface area (Å²) < 4.78 is 0. The molecule has 0 bridgehead atoms.